The van der Waals surface area contributed by atoms with Crippen molar-refractivity contribution >= 4 is 5.91 Å². The van der Waals surface area contributed by atoms with Gasteiger partial charge in [0.15, 0.2) is 11.5 Å². The number of pyridine rings is 1. The number of amides is 1. The highest BCUT2D eigenvalue weighted by molar-refractivity contribution is 5.96. The number of nitrogens with zero attached hydrogens (tertiary/aromatic N) is 1. The van der Waals surface area contributed by atoms with Gasteiger partial charge in [0.1, 0.15) is 5.75 Å². The van der Waals surface area contributed by atoms with Crippen LogP contribution in [0.1, 0.15) is 35.7 Å². The normalized spacial score (nSPS) is 21.3. The van der Waals surface area contributed by atoms with Gasteiger partial charge in [-0.25, -0.2) is 0 Å². The van der Waals surface area contributed by atoms with E-state index in [1.807, 2.05) is 18.2 Å². The molecule has 1 amide bonds. The van der Waals surface area contributed by atoms with E-state index in [9.17, 15) is 14.7 Å². The van der Waals surface area contributed by atoms with Crippen LogP contribution >= 0.6 is 0 Å². The van der Waals surface area contributed by atoms with E-state index in [2.05, 4.69) is 11.9 Å². The number of aromatic amines is 1. The largest absolute Gasteiger partial charge is 0.507 e. The topological polar surface area (TPSA) is 91.9 Å². The number of aromatic hydroxyl groups is 1. The molecule has 1 unspecified atom stereocenters. The third-order valence-electron chi connectivity index (χ3n) is 5.27. The molecule has 0 spiro atoms. The number of carbonyl (C=O) groups excluding carboxylic acids is 1. The lowest BCUT2D eigenvalue weighted by molar-refractivity contribution is 0.0547. The van der Waals surface area contributed by atoms with Gasteiger partial charge in [0, 0.05) is 25.4 Å². The number of carbonyl (C=O) groups is 1. The van der Waals surface area contributed by atoms with Crippen LogP contribution in [0.4, 0.5) is 0 Å². The predicted octanol–water partition coefficient (Wildman–Crippen LogP) is 2.29. The van der Waals surface area contributed by atoms with Crippen molar-refractivity contribution in [2.45, 2.75) is 26.2 Å². The van der Waals surface area contributed by atoms with E-state index in [1.54, 1.807) is 4.90 Å². The molecule has 7 heteroatoms. The molecule has 3 heterocycles. The minimum absolute atomic E-state index is 0.0839. The van der Waals surface area contributed by atoms with Crippen molar-refractivity contribution in [3.63, 3.8) is 0 Å². The molecule has 0 aliphatic carbocycles. The maximum absolute atomic E-state index is 12.8. The molecule has 1 fully saturated rings. The lowest BCUT2D eigenvalue weighted by atomic mass is 9.76. The number of benzene rings is 1. The fraction of sp³-hybridized carbons (Fsp3) is 0.400. The fourth-order valence-electron chi connectivity index (χ4n) is 3.98. The monoisotopic (exact) mass is 370 g/mol. The summed E-state index contributed by atoms with van der Waals surface area (Å²) >= 11 is 0. The highest BCUT2D eigenvalue weighted by Crippen LogP contribution is 2.38. The molecular formula is C20H22N2O5. The molecule has 0 saturated carbocycles. The maximum Gasteiger partial charge on any atom is 0.259 e. The molecular weight excluding hydrogens is 348 g/mol. The fourth-order valence-corrected chi connectivity index (χ4v) is 3.98. The first kappa shape index (κ1) is 17.5. The zero-order valence-electron chi connectivity index (χ0n) is 15.2. The van der Waals surface area contributed by atoms with Gasteiger partial charge < -0.3 is 24.5 Å². The summed E-state index contributed by atoms with van der Waals surface area (Å²) in [7, 11) is 0. The first-order chi connectivity index (χ1) is 12.9. The smallest absolute Gasteiger partial charge is 0.259 e. The van der Waals surface area contributed by atoms with E-state index in [0.29, 0.717) is 13.1 Å². The summed E-state index contributed by atoms with van der Waals surface area (Å²) < 4.78 is 10.8. The van der Waals surface area contributed by atoms with Crippen LogP contribution in [0.25, 0.3) is 0 Å². The van der Waals surface area contributed by atoms with E-state index in [1.165, 1.54) is 6.20 Å². The Morgan fingerprint density at radius 2 is 2.11 bits per heavy atom. The summed E-state index contributed by atoms with van der Waals surface area (Å²) in [5.74, 6) is 0.975. The van der Waals surface area contributed by atoms with Crippen molar-refractivity contribution in [2.75, 3.05) is 19.9 Å². The third kappa shape index (κ3) is 3.49. The number of hydrogen-bond donors (Lipinski definition) is 2. The summed E-state index contributed by atoms with van der Waals surface area (Å²) in [6.45, 7) is 3.64. The molecule has 2 aliphatic heterocycles. The molecule has 1 aromatic carbocycles. The molecule has 1 atom stereocenters. The van der Waals surface area contributed by atoms with Crippen LogP contribution < -0.4 is 15.0 Å². The minimum atomic E-state index is -0.435. The quantitative estimate of drug-likeness (QED) is 0.865. The second kappa shape index (κ2) is 6.64. The van der Waals surface area contributed by atoms with Crippen molar-refractivity contribution in [2.24, 2.45) is 5.41 Å². The van der Waals surface area contributed by atoms with Crippen molar-refractivity contribution < 1.29 is 19.4 Å². The standard InChI is InChI=1S/C20H22N2O5/c1-20(9-13-3-4-16-17(7-13)27-12-26-16)5-2-6-22(11-20)19(25)14-10-21-18(24)8-15(14)23/h3-4,7-8,10H,2,5-6,9,11-12H2,1H3,(H2,21,23,24). The number of piperidine rings is 1. The first-order valence-corrected chi connectivity index (χ1v) is 9.03. The SMILES string of the molecule is CC1(Cc2ccc3c(c2)OCO3)CCCN(C(=O)c2c[nH]c(=O)cc2O)C1. The Hall–Kier alpha value is -2.96. The minimum Gasteiger partial charge on any atom is -0.507 e. The number of hydrogen-bond acceptors (Lipinski definition) is 5. The lowest BCUT2D eigenvalue weighted by Gasteiger charge is -2.40. The van der Waals surface area contributed by atoms with Crippen LogP contribution in [-0.4, -0.2) is 40.8 Å². The molecule has 0 radical (unpaired) electrons. The summed E-state index contributed by atoms with van der Waals surface area (Å²) in [6, 6.07) is 6.99. The zero-order chi connectivity index (χ0) is 19.0. The zero-order valence-corrected chi connectivity index (χ0v) is 15.2. The Balaban J connectivity index is 1.51. The summed E-state index contributed by atoms with van der Waals surface area (Å²) in [6.07, 6.45) is 3.98. The molecule has 2 aliphatic rings. The van der Waals surface area contributed by atoms with Crippen LogP contribution in [0.2, 0.25) is 0 Å². The van der Waals surface area contributed by atoms with E-state index in [4.69, 9.17) is 9.47 Å². The Bertz CT molecular complexity index is 938. The number of ether oxygens (including phenoxy) is 2. The van der Waals surface area contributed by atoms with Crippen molar-refractivity contribution in [1.29, 1.82) is 0 Å². The van der Waals surface area contributed by atoms with Gasteiger partial charge in [-0.1, -0.05) is 13.0 Å². The Morgan fingerprint density at radius 3 is 2.93 bits per heavy atom. The van der Waals surface area contributed by atoms with Crippen LogP contribution in [0, 0.1) is 5.41 Å². The lowest BCUT2D eigenvalue weighted by Crippen LogP contribution is -2.45. The third-order valence-corrected chi connectivity index (χ3v) is 5.27. The molecule has 7 nitrogen and oxygen atoms in total. The van der Waals surface area contributed by atoms with E-state index in [0.717, 1.165) is 42.4 Å². The van der Waals surface area contributed by atoms with Crippen LogP contribution in [0.3, 0.4) is 0 Å². The Labute approximate surface area is 156 Å². The Kier molecular flexibility index (Phi) is 4.30. The van der Waals surface area contributed by atoms with Gasteiger partial charge >= 0.3 is 0 Å². The average molecular weight is 370 g/mol. The van der Waals surface area contributed by atoms with E-state index in [-0.39, 0.29) is 29.4 Å². The highest BCUT2D eigenvalue weighted by atomic mass is 16.7. The second-order valence-corrected chi connectivity index (χ2v) is 7.60. The van der Waals surface area contributed by atoms with Crippen LogP contribution in [0.15, 0.2) is 35.3 Å². The Morgan fingerprint density at radius 1 is 1.30 bits per heavy atom. The molecule has 27 heavy (non-hydrogen) atoms. The average Bonchev–Trinajstić information content (AvgIpc) is 3.08. The predicted molar refractivity (Wildman–Crippen MR) is 98.2 cm³/mol. The number of rotatable bonds is 3. The van der Waals surface area contributed by atoms with Gasteiger partial charge in [-0.2, -0.15) is 0 Å². The van der Waals surface area contributed by atoms with Gasteiger partial charge in [-0.05, 0) is 42.4 Å². The second-order valence-electron chi connectivity index (χ2n) is 7.60. The van der Waals surface area contributed by atoms with Gasteiger partial charge in [-0.3, -0.25) is 9.59 Å². The van der Waals surface area contributed by atoms with Gasteiger partial charge in [0.2, 0.25) is 6.79 Å². The molecule has 0 bridgehead atoms. The number of fused-ring (bicyclic) bond motifs is 1. The summed E-state index contributed by atoms with van der Waals surface area (Å²) in [5, 5.41) is 9.95. The number of H-pyrrole nitrogens is 1. The van der Waals surface area contributed by atoms with Crippen molar-refractivity contribution in [3.8, 4) is 17.2 Å². The molecule has 142 valence electrons. The van der Waals surface area contributed by atoms with Crippen LogP contribution in [-0.2, 0) is 6.42 Å². The summed E-state index contributed by atoms with van der Waals surface area (Å²) in [5.41, 5.74) is 0.750. The van der Waals surface area contributed by atoms with Gasteiger partial charge in [-0.15, -0.1) is 0 Å². The van der Waals surface area contributed by atoms with E-state index >= 15 is 0 Å². The molecule has 1 saturated heterocycles. The van der Waals surface area contributed by atoms with E-state index < -0.39 is 5.56 Å². The molecule has 4 rings (SSSR count). The van der Waals surface area contributed by atoms with Gasteiger partial charge in [0.25, 0.3) is 11.5 Å². The first-order valence-electron chi connectivity index (χ1n) is 9.03. The molecule has 1 aromatic heterocycles. The van der Waals surface area contributed by atoms with Crippen molar-refractivity contribution in [3.05, 3.63) is 51.9 Å². The number of likely N-dealkylation sites (tertiary alicyclic amines) is 1. The number of nitrogens with one attached hydrogen (secondary N) is 1. The van der Waals surface area contributed by atoms with Crippen LogP contribution in [0.5, 0.6) is 17.2 Å². The van der Waals surface area contributed by atoms with Crippen molar-refractivity contribution in [1.82, 2.24) is 9.88 Å². The molecule has 2 aromatic rings. The number of aromatic nitrogens is 1. The molecule has 2 N–H and O–H groups in total. The highest BCUT2D eigenvalue weighted by Gasteiger charge is 2.34. The summed E-state index contributed by atoms with van der Waals surface area (Å²) in [4.78, 5) is 28.3. The maximum atomic E-state index is 12.8. The van der Waals surface area contributed by atoms with Gasteiger partial charge in [0.05, 0.1) is 5.56 Å².